The Labute approximate surface area is 193 Å². The van der Waals surface area contributed by atoms with Crippen LogP contribution in [-0.2, 0) is 6.54 Å². The van der Waals surface area contributed by atoms with Gasteiger partial charge in [-0.3, -0.25) is 4.90 Å². The Balaban J connectivity index is 0.00000300. The Hall–Kier alpha value is -1.70. The monoisotopic (exact) mass is 527 g/mol. The fraction of sp³-hybridized carbons (Fsp3) is 0.429. The Morgan fingerprint density at radius 3 is 2.76 bits per heavy atom. The molecule has 1 aromatic heterocycles. The van der Waals surface area contributed by atoms with Gasteiger partial charge < -0.3 is 10.6 Å². The van der Waals surface area contributed by atoms with Crippen LogP contribution in [0.2, 0.25) is 0 Å². The van der Waals surface area contributed by atoms with Gasteiger partial charge in [0.2, 0.25) is 0 Å². The second-order valence-electron chi connectivity index (χ2n) is 6.77. The number of benzene rings is 1. The van der Waals surface area contributed by atoms with Crippen LogP contribution in [0.4, 0.5) is 4.39 Å². The molecule has 0 spiro atoms. The van der Waals surface area contributed by atoms with E-state index in [0.717, 1.165) is 26.2 Å². The van der Waals surface area contributed by atoms with Crippen LogP contribution in [-0.4, -0.2) is 37.0 Å². The van der Waals surface area contributed by atoms with Gasteiger partial charge in [-0.05, 0) is 62.5 Å². The summed E-state index contributed by atoms with van der Waals surface area (Å²) >= 11 is 1.78. The maximum absolute atomic E-state index is 14.0. The molecule has 2 N–H and O–H groups in total. The smallest absolute Gasteiger partial charge is 0.191 e. The highest BCUT2D eigenvalue weighted by Crippen LogP contribution is 2.27. The Kier molecular flexibility index (Phi) is 9.84. The summed E-state index contributed by atoms with van der Waals surface area (Å²) in [6.45, 7) is 5.89. The zero-order valence-corrected chi connectivity index (χ0v) is 19.7. The van der Waals surface area contributed by atoms with Gasteiger partial charge in [-0.2, -0.15) is 5.26 Å². The quantitative estimate of drug-likeness (QED) is 0.321. The summed E-state index contributed by atoms with van der Waals surface area (Å²) in [5, 5.41) is 17.8. The zero-order valence-electron chi connectivity index (χ0n) is 16.5. The average Bonchev–Trinajstić information content (AvgIpc) is 3.42. The van der Waals surface area contributed by atoms with E-state index in [1.165, 1.54) is 29.9 Å². The van der Waals surface area contributed by atoms with Gasteiger partial charge in [0, 0.05) is 23.5 Å². The maximum Gasteiger partial charge on any atom is 0.191 e. The number of nitriles is 1. The van der Waals surface area contributed by atoms with Crippen molar-refractivity contribution in [1.29, 1.82) is 5.26 Å². The topological polar surface area (TPSA) is 63.5 Å². The lowest BCUT2D eigenvalue weighted by molar-refractivity contribution is 0.249. The Morgan fingerprint density at radius 2 is 2.10 bits per heavy atom. The average molecular weight is 527 g/mol. The molecular formula is C21H27FIN5S. The summed E-state index contributed by atoms with van der Waals surface area (Å²) in [6.07, 6.45) is 2.48. The number of nitrogens with one attached hydrogen (secondary N) is 2. The molecule has 0 saturated carbocycles. The van der Waals surface area contributed by atoms with E-state index in [2.05, 4.69) is 38.0 Å². The number of hydrogen-bond acceptors (Lipinski definition) is 4. The summed E-state index contributed by atoms with van der Waals surface area (Å²) in [6, 6.07) is 11.0. The van der Waals surface area contributed by atoms with Crippen LogP contribution in [0.1, 0.15) is 41.8 Å². The lowest BCUT2D eigenvalue weighted by Crippen LogP contribution is -2.42. The molecule has 3 rings (SSSR count). The lowest BCUT2D eigenvalue weighted by atomic mass is 10.1. The molecule has 29 heavy (non-hydrogen) atoms. The number of aliphatic imine (C=N–C) groups is 1. The fourth-order valence-electron chi connectivity index (χ4n) is 3.41. The minimum Gasteiger partial charge on any atom is -0.357 e. The number of likely N-dealkylation sites (tertiary alicyclic amines) is 1. The van der Waals surface area contributed by atoms with Crippen molar-refractivity contribution in [3.63, 3.8) is 0 Å². The number of hydrogen-bond donors (Lipinski definition) is 2. The second-order valence-corrected chi connectivity index (χ2v) is 7.75. The Bertz CT molecular complexity index is 828. The van der Waals surface area contributed by atoms with Crippen LogP contribution in [0, 0.1) is 17.1 Å². The highest BCUT2D eigenvalue weighted by molar-refractivity contribution is 14.0. The minimum absolute atomic E-state index is 0. The van der Waals surface area contributed by atoms with Gasteiger partial charge in [-0.15, -0.1) is 35.3 Å². The molecule has 2 heterocycles. The normalized spacial score (nSPS) is 15.4. The first kappa shape index (κ1) is 23.6. The van der Waals surface area contributed by atoms with Crippen LogP contribution < -0.4 is 10.6 Å². The largest absolute Gasteiger partial charge is 0.357 e. The van der Waals surface area contributed by atoms with Gasteiger partial charge in [0.15, 0.2) is 5.96 Å². The third-order valence-corrected chi connectivity index (χ3v) is 5.82. The number of guanidine groups is 1. The van der Waals surface area contributed by atoms with Crippen LogP contribution in [0.25, 0.3) is 0 Å². The molecule has 1 fully saturated rings. The van der Waals surface area contributed by atoms with Gasteiger partial charge >= 0.3 is 0 Å². The van der Waals surface area contributed by atoms with Crippen LogP contribution in [0.5, 0.6) is 0 Å². The summed E-state index contributed by atoms with van der Waals surface area (Å²) < 4.78 is 14.0. The van der Waals surface area contributed by atoms with Crippen molar-refractivity contribution in [2.24, 2.45) is 4.99 Å². The van der Waals surface area contributed by atoms with E-state index in [0.29, 0.717) is 23.1 Å². The minimum atomic E-state index is -0.341. The number of halogens is 2. The summed E-state index contributed by atoms with van der Waals surface area (Å²) in [7, 11) is 0. The molecule has 0 amide bonds. The van der Waals surface area contributed by atoms with Gasteiger partial charge in [-0.25, -0.2) is 9.38 Å². The first-order valence-corrected chi connectivity index (χ1v) is 10.6. The third kappa shape index (κ3) is 6.66. The van der Waals surface area contributed by atoms with Crippen molar-refractivity contribution in [2.75, 3.05) is 26.2 Å². The SMILES string of the molecule is CCNC(=NCc1cc(C#N)ccc1F)NCC(c1cccs1)N1CCCC1.I. The van der Waals surface area contributed by atoms with Gasteiger partial charge in [0.05, 0.1) is 24.2 Å². The molecule has 1 aliphatic heterocycles. The molecule has 5 nitrogen and oxygen atoms in total. The van der Waals surface area contributed by atoms with E-state index in [9.17, 15) is 4.39 Å². The number of rotatable bonds is 7. The molecule has 1 unspecified atom stereocenters. The molecule has 1 aliphatic rings. The molecule has 1 atom stereocenters. The van der Waals surface area contributed by atoms with Crippen molar-refractivity contribution < 1.29 is 4.39 Å². The van der Waals surface area contributed by atoms with Crippen LogP contribution >= 0.6 is 35.3 Å². The second kappa shape index (κ2) is 12.1. The predicted octanol–water partition coefficient (Wildman–Crippen LogP) is 4.27. The van der Waals surface area contributed by atoms with Crippen molar-refractivity contribution in [1.82, 2.24) is 15.5 Å². The predicted molar refractivity (Wildman–Crippen MR) is 127 cm³/mol. The molecular weight excluding hydrogens is 500 g/mol. The van der Waals surface area contributed by atoms with E-state index in [-0.39, 0.29) is 36.3 Å². The van der Waals surface area contributed by atoms with Crippen molar-refractivity contribution in [3.8, 4) is 6.07 Å². The summed E-state index contributed by atoms with van der Waals surface area (Å²) in [4.78, 5) is 8.39. The molecule has 0 radical (unpaired) electrons. The standard InChI is InChI=1S/C21H26FN5S.HI/c1-2-24-21(25-14-17-12-16(13-23)7-8-18(17)22)26-15-19(20-6-5-11-28-20)27-9-3-4-10-27;/h5-8,11-12,19H,2-4,9-10,14-15H2,1H3,(H2,24,25,26);1H. The fourth-order valence-corrected chi connectivity index (χ4v) is 4.27. The van der Waals surface area contributed by atoms with Crippen molar-refractivity contribution >= 4 is 41.3 Å². The molecule has 2 aromatic rings. The molecule has 0 bridgehead atoms. The van der Waals surface area contributed by atoms with E-state index < -0.39 is 0 Å². The first-order valence-electron chi connectivity index (χ1n) is 9.69. The lowest BCUT2D eigenvalue weighted by Gasteiger charge is -2.27. The highest BCUT2D eigenvalue weighted by Gasteiger charge is 2.24. The van der Waals surface area contributed by atoms with Gasteiger partial charge in [0.25, 0.3) is 0 Å². The number of thiophene rings is 1. The molecule has 8 heteroatoms. The zero-order chi connectivity index (χ0) is 19.8. The van der Waals surface area contributed by atoms with Crippen molar-refractivity contribution in [3.05, 3.63) is 57.5 Å². The van der Waals surface area contributed by atoms with Crippen LogP contribution in [0.3, 0.4) is 0 Å². The van der Waals surface area contributed by atoms with E-state index >= 15 is 0 Å². The van der Waals surface area contributed by atoms with Gasteiger partial charge in [0.1, 0.15) is 5.82 Å². The van der Waals surface area contributed by atoms with Crippen molar-refractivity contribution in [2.45, 2.75) is 32.4 Å². The summed E-state index contributed by atoms with van der Waals surface area (Å²) in [5.41, 5.74) is 0.863. The first-order chi connectivity index (χ1) is 13.7. The van der Waals surface area contributed by atoms with E-state index in [1.807, 2.05) is 13.0 Å². The molecule has 1 aromatic carbocycles. The number of nitrogens with zero attached hydrogens (tertiary/aromatic N) is 3. The molecule has 0 aliphatic carbocycles. The maximum atomic E-state index is 14.0. The molecule has 1 saturated heterocycles. The van der Waals surface area contributed by atoms with E-state index in [4.69, 9.17) is 5.26 Å². The third-order valence-electron chi connectivity index (χ3n) is 4.84. The van der Waals surface area contributed by atoms with Gasteiger partial charge in [-0.1, -0.05) is 6.07 Å². The summed E-state index contributed by atoms with van der Waals surface area (Å²) in [5.74, 6) is 0.317. The highest BCUT2D eigenvalue weighted by atomic mass is 127. The molecule has 156 valence electrons. The Morgan fingerprint density at radius 1 is 1.31 bits per heavy atom. The van der Waals surface area contributed by atoms with Crippen LogP contribution in [0.15, 0.2) is 40.7 Å². The van der Waals surface area contributed by atoms with E-state index in [1.54, 1.807) is 17.4 Å².